The molecule has 1 heterocycles. The second-order valence-corrected chi connectivity index (χ2v) is 4.72. The van der Waals surface area contributed by atoms with E-state index >= 15 is 0 Å². The van der Waals surface area contributed by atoms with Crippen molar-refractivity contribution in [2.24, 2.45) is 5.73 Å². The molecule has 0 spiro atoms. The van der Waals surface area contributed by atoms with Crippen LogP contribution in [-0.4, -0.2) is 38.1 Å². The normalized spacial score (nSPS) is 16.3. The minimum atomic E-state index is -0.734. The number of hydrogen-bond acceptors (Lipinski definition) is 4. The Balaban J connectivity index is 2.16. The number of methoxy groups -OCH3 is 1. The van der Waals surface area contributed by atoms with Crippen LogP contribution in [-0.2, 0) is 14.3 Å². The molecule has 0 radical (unpaired) electrons. The summed E-state index contributed by atoms with van der Waals surface area (Å²) in [6.45, 7) is 0.826. The van der Waals surface area contributed by atoms with Crippen molar-refractivity contribution in [2.45, 2.75) is 18.9 Å². The van der Waals surface area contributed by atoms with Crippen molar-refractivity contribution in [1.29, 1.82) is 0 Å². The second-order valence-electron chi connectivity index (χ2n) is 4.72. The lowest BCUT2D eigenvalue weighted by Crippen LogP contribution is -2.39. The summed E-state index contributed by atoms with van der Waals surface area (Å²) in [5, 5.41) is 2.75. The van der Waals surface area contributed by atoms with Gasteiger partial charge in [-0.15, -0.1) is 0 Å². The molecule has 1 aliphatic heterocycles. The summed E-state index contributed by atoms with van der Waals surface area (Å²) in [6, 6.07) is 6.49. The van der Waals surface area contributed by atoms with Gasteiger partial charge < -0.3 is 20.7 Å². The third-order valence-electron chi connectivity index (χ3n) is 3.21. The number of carbonyl (C=O) groups is 2. The van der Waals surface area contributed by atoms with Gasteiger partial charge in [-0.2, -0.15) is 0 Å². The molecule has 0 aromatic heterocycles. The third-order valence-corrected chi connectivity index (χ3v) is 3.21. The zero-order valence-electron chi connectivity index (χ0n) is 11.5. The second kappa shape index (κ2) is 6.49. The molecule has 1 aliphatic rings. The highest BCUT2D eigenvalue weighted by Crippen LogP contribution is 2.29. The van der Waals surface area contributed by atoms with E-state index in [0.717, 1.165) is 6.42 Å². The van der Waals surface area contributed by atoms with Gasteiger partial charge in [-0.1, -0.05) is 12.1 Å². The van der Waals surface area contributed by atoms with Gasteiger partial charge in [-0.25, -0.2) is 0 Å². The van der Waals surface area contributed by atoms with Crippen LogP contribution < -0.4 is 16.0 Å². The number of anilines is 2. The minimum Gasteiger partial charge on any atom is -0.383 e. The molecule has 108 valence electrons. The number of nitrogens with two attached hydrogens (primary N) is 1. The third kappa shape index (κ3) is 3.15. The number of rotatable bonds is 5. The number of ether oxygens (including phenoxy) is 1. The highest BCUT2D eigenvalue weighted by molar-refractivity contribution is 6.03. The van der Waals surface area contributed by atoms with Gasteiger partial charge in [-0.05, 0) is 18.6 Å². The maximum absolute atomic E-state index is 11.9. The van der Waals surface area contributed by atoms with Crippen LogP contribution in [0.4, 0.5) is 11.4 Å². The van der Waals surface area contributed by atoms with Crippen LogP contribution in [0.3, 0.4) is 0 Å². The summed E-state index contributed by atoms with van der Waals surface area (Å²) in [6.07, 6.45) is 1.38. The van der Waals surface area contributed by atoms with Crippen molar-refractivity contribution < 1.29 is 14.3 Å². The van der Waals surface area contributed by atoms with Gasteiger partial charge in [0.15, 0.2) is 0 Å². The van der Waals surface area contributed by atoms with Crippen molar-refractivity contribution in [3.63, 3.8) is 0 Å². The molecule has 2 rings (SSSR count). The minimum absolute atomic E-state index is 0.0767. The van der Waals surface area contributed by atoms with Crippen LogP contribution in [0.15, 0.2) is 24.3 Å². The summed E-state index contributed by atoms with van der Waals surface area (Å²) < 4.78 is 4.86. The van der Waals surface area contributed by atoms with Crippen LogP contribution in [0.5, 0.6) is 0 Å². The van der Waals surface area contributed by atoms with Crippen LogP contribution in [0, 0.1) is 0 Å². The van der Waals surface area contributed by atoms with Gasteiger partial charge >= 0.3 is 0 Å². The largest absolute Gasteiger partial charge is 0.383 e. The zero-order valence-corrected chi connectivity index (χ0v) is 11.5. The molecule has 1 aromatic carbocycles. The summed E-state index contributed by atoms with van der Waals surface area (Å²) >= 11 is 0. The molecule has 1 unspecified atom stereocenters. The fourth-order valence-corrected chi connectivity index (χ4v) is 2.20. The van der Waals surface area contributed by atoms with Gasteiger partial charge in [0.1, 0.15) is 6.04 Å². The number of para-hydroxylation sites is 2. The molecule has 1 aromatic rings. The molecular weight excluding hydrogens is 258 g/mol. The van der Waals surface area contributed by atoms with Crippen molar-refractivity contribution in [1.82, 2.24) is 0 Å². The number of carbonyl (C=O) groups excluding carboxylic acids is 2. The van der Waals surface area contributed by atoms with Gasteiger partial charge in [0, 0.05) is 20.1 Å². The van der Waals surface area contributed by atoms with Crippen LogP contribution in [0.1, 0.15) is 12.8 Å². The Morgan fingerprint density at radius 3 is 2.90 bits per heavy atom. The molecule has 20 heavy (non-hydrogen) atoms. The van der Waals surface area contributed by atoms with E-state index in [-0.39, 0.29) is 18.4 Å². The van der Waals surface area contributed by atoms with E-state index in [4.69, 9.17) is 10.5 Å². The molecule has 6 heteroatoms. The highest BCUT2D eigenvalue weighted by atomic mass is 16.5. The summed E-state index contributed by atoms with van der Waals surface area (Å²) in [5.41, 5.74) is 7.00. The topological polar surface area (TPSA) is 84.7 Å². The van der Waals surface area contributed by atoms with E-state index in [0.29, 0.717) is 24.3 Å². The maximum atomic E-state index is 11.9. The van der Waals surface area contributed by atoms with Gasteiger partial charge in [0.05, 0.1) is 18.0 Å². The summed E-state index contributed by atoms with van der Waals surface area (Å²) in [4.78, 5) is 25.4. The van der Waals surface area contributed by atoms with Crippen LogP contribution >= 0.6 is 0 Å². The number of nitrogens with one attached hydrogen (secondary N) is 1. The number of benzene rings is 1. The Hall–Kier alpha value is -1.92. The monoisotopic (exact) mass is 277 g/mol. The summed E-state index contributed by atoms with van der Waals surface area (Å²) in [7, 11) is 1.49. The molecule has 1 fully saturated rings. The molecule has 6 nitrogen and oxygen atoms in total. The zero-order chi connectivity index (χ0) is 14.5. The van der Waals surface area contributed by atoms with Crippen molar-refractivity contribution in [2.75, 3.05) is 30.5 Å². The molecule has 3 N–H and O–H groups in total. The molecule has 1 atom stereocenters. The van der Waals surface area contributed by atoms with E-state index in [1.165, 1.54) is 7.11 Å². The van der Waals surface area contributed by atoms with E-state index in [2.05, 4.69) is 5.32 Å². The Kier molecular flexibility index (Phi) is 4.70. The van der Waals surface area contributed by atoms with E-state index in [9.17, 15) is 9.59 Å². The Morgan fingerprint density at radius 1 is 1.50 bits per heavy atom. The first kappa shape index (κ1) is 14.5. The fraction of sp³-hybridized carbons (Fsp3) is 0.429. The number of nitrogens with zero attached hydrogens (tertiary/aromatic N) is 1. The fourth-order valence-electron chi connectivity index (χ4n) is 2.20. The molecule has 1 saturated heterocycles. The Morgan fingerprint density at radius 2 is 2.25 bits per heavy atom. The number of hydrogen-bond donors (Lipinski definition) is 2. The predicted octanol–water partition coefficient (Wildman–Crippen LogP) is 0.726. The lowest BCUT2D eigenvalue weighted by atomic mass is 10.2. The standard InChI is InChI=1S/C14H19N3O3/c1-20-9-10(15)14(19)16-11-5-2-3-6-12(11)17-8-4-7-13(17)18/h2-3,5-6,10H,4,7-9,15H2,1H3,(H,16,19). The summed E-state index contributed by atoms with van der Waals surface area (Å²) in [5.74, 6) is -0.251. The predicted molar refractivity (Wildman–Crippen MR) is 76.5 cm³/mol. The first-order valence-electron chi connectivity index (χ1n) is 6.58. The lowest BCUT2D eigenvalue weighted by molar-refractivity contribution is -0.118. The lowest BCUT2D eigenvalue weighted by Gasteiger charge is -2.20. The van der Waals surface area contributed by atoms with Gasteiger partial charge in [0.2, 0.25) is 11.8 Å². The average molecular weight is 277 g/mol. The van der Waals surface area contributed by atoms with E-state index in [1.807, 2.05) is 18.2 Å². The Labute approximate surface area is 117 Å². The van der Waals surface area contributed by atoms with Crippen molar-refractivity contribution in [3.8, 4) is 0 Å². The number of amides is 2. The molecule has 0 aliphatic carbocycles. The first-order chi connectivity index (χ1) is 9.63. The highest BCUT2D eigenvalue weighted by Gasteiger charge is 2.24. The molecule has 0 bridgehead atoms. The van der Waals surface area contributed by atoms with Gasteiger partial charge in [-0.3, -0.25) is 9.59 Å². The maximum Gasteiger partial charge on any atom is 0.243 e. The van der Waals surface area contributed by atoms with Gasteiger partial charge in [0.25, 0.3) is 0 Å². The van der Waals surface area contributed by atoms with Crippen molar-refractivity contribution in [3.05, 3.63) is 24.3 Å². The first-order valence-corrected chi connectivity index (χ1v) is 6.58. The average Bonchev–Trinajstić information content (AvgIpc) is 2.86. The van der Waals surface area contributed by atoms with Crippen LogP contribution in [0.2, 0.25) is 0 Å². The quantitative estimate of drug-likeness (QED) is 0.830. The Bertz CT molecular complexity index is 504. The molecular formula is C14H19N3O3. The van der Waals surface area contributed by atoms with Crippen LogP contribution in [0.25, 0.3) is 0 Å². The van der Waals surface area contributed by atoms with Crippen molar-refractivity contribution >= 4 is 23.2 Å². The smallest absolute Gasteiger partial charge is 0.243 e. The SMILES string of the molecule is COCC(N)C(=O)Nc1ccccc1N1CCCC1=O. The van der Waals surface area contributed by atoms with E-state index in [1.54, 1.807) is 11.0 Å². The molecule has 0 saturated carbocycles. The molecule has 2 amide bonds. The van der Waals surface area contributed by atoms with E-state index < -0.39 is 6.04 Å².